The van der Waals surface area contributed by atoms with Crippen LogP contribution in [0.4, 0.5) is 0 Å². The fraction of sp³-hybridized carbons (Fsp3) is 0. The van der Waals surface area contributed by atoms with Gasteiger partial charge in [0, 0.05) is 27.8 Å². The number of allylic oxidation sites excluding steroid dienone is 4. The predicted molar refractivity (Wildman–Crippen MR) is 235 cm³/mol. The van der Waals surface area contributed by atoms with E-state index in [9.17, 15) is 5.26 Å². The van der Waals surface area contributed by atoms with E-state index in [0.717, 1.165) is 66.8 Å². The largest absolute Gasteiger partial charge is 0.298 e. The molecule has 272 valence electrons. The van der Waals surface area contributed by atoms with E-state index in [0.29, 0.717) is 28.6 Å². The Bertz CT molecular complexity index is 2990. The minimum atomic E-state index is 0.180. The Kier molecular flexibility index (Phi) is 9.53. The van der Waals surface area contributed by atoms with Crippen LogP contribution in [0.3, 0.4) is 0 Å². The highest BCUT2D eigenvalue weighted by atomic mass is 15.0. The summed E-state index contributed by atoms with van der Waals surface area (Å²) in [6.07, 6.45) is 3.89. The Morgan fingerprint density at radius 1 is 0.345 bits per heavy atom. The first-order chi connectivity index (χ1) is 28.5. The van der Waals surface area contributed by atoms with Crippen LogP contribution in [0, 0.1) is 22.1 Å². The van der Waals surface area contributed by atoms with E-state index in [1.165, 1.54) is 0 Å². The van der Waals surface area contributed by atoms with Gasteiger partial charge in [0.2, 0.25) is 0 Å². The van der Waals surface area contributed by atoms with E-state index in [2.05, 4.69) is 48.5 Å². The average molecular weight is 743 g/mol. The van der Waals surface area contributed by atoms with Gasteiger partial charge >= 0.3 is 0 Å². The van der Waals surface area contributed by atoms with Crippen LogP contribution in [-0.2, 0) is 0 Å². The number of nitrogens with one attached hydrogen (secondary N) is 2. The molecule has 0 saturated heterocycles. The number of aromatic nitrogens is 3. The minimum Gasteiger partial charge on any atom is -0.298 e. The highest BCUT2D eigenvalue weighted by molar-refractivity contribution is 6.68. The molecule has 0 radical (unpaired) electrons. The minimum absolute atomic E-state index is 0.180. The fourth-order valence-electron chi connectivity index (χ4n) is 7.39. The van der Waals surface area contributed by atoms with Crippen molar-refractivity contribution in [3.05, 3.63) is 211 Å². The number of benzene rings is 7. The van der Waals surface area contributed by atoms with Crippen LogP contribution in [0.2, 0.25) is 0 Å². The van der Waals surface area contributed by atoms with Gasteiger partial charge in [0.1, 0.15) is 0 Å². The van der Waals surface area contributed by atoms with E-state index in [4.69, 9.17) is 25.8 Å². The first kappa shape index (κ1) is 35.6. The second kappa shape index (κ2) is 15.5. The van der Waals surface area contributed by atoms with Crippen molar-refractivity contribution in [2.24, 2.45) is 0 Å². The van der Waals surface area contributed by atoms with Gasteiger partial charge in [-0.05, 0) is 68.8 Å². The summed E-state index contributed by atoms with van der Waals surface area (Å²) in [5.74, 6) is 1.63. The smallest absolute Gasteiger partial charge is 0.164 e. The molecule has 0 aliphatic heterocycles. The quantitative estimate of drug-likeness (QED) is 0.151. The van der Waals surface area contributed by atoms with Crippen molar-refractivity contribution in [3.8, 4) is 73.6 Å². The third kappa shape index (κ3) is 6.96. The lowest BCUT2D eigenvalue weighted by Gasteiger charge is -2.20. The number of nitrogens with zero attached hydrogens (tertiary/aromatic N) is 4. The lowest BCUT2D eigenvalue weighted by Crippen LogP contribution is -2.19. The van der Waals surface area contributed by atoms with Crippen molar-refractivity contribution in [1.82, 2.24) is 15.0 Å². The highest BCUT2D eigenvalue weighted by Crippen LogP contribution is 2.37. The van der Waals surface area contributed by atoms with Crippen LogP contribution in [-0.4, -0.2) is 26.4 Å². The van der Waals surface area contributed by atoms with Crippen molar-refractivity contribution in [1.29, 1.82) is 16.1 Å². The van der Waals surface area contributed by atoms with Gasteiger partial charge < -0.3 is 0 Å². The Morgan fingerprint density at radius 3 is 1.45 bits per heavy atom. The van der Waals surface area contributed by atoms with E-state index < -0.39 is 0 Å². The molecule has 1 aliphatic carbocycles. The Morgan fingerprint density at radius 2 is 0.776 bits per heavy atom. The average Bonchev–Trinajstić information content (AvgIpc) is 3.30. The third-order valence-electron chi connectivity index (χ3n) is 10.3. The molecular formula is C52H34N6. The van der Waals surface area contributed by atoms with Crippen LogP contribution < -0.4 is 0 Å². The summed E-state index contributed by atoms with van der Waals surface area (Å²) >= 11 is 0. The Balaban J connectivity index is 1.14. The summed E-state index contributed by atoms with van der Waals surface area (Å²) in [4.78, 5) is 15.3. The molecule has 6 nitrogen and oxygen atoms in total. The van der Waals surface area contributed by atoms with Gasteiger partial charge in [-0.1, -0.05) is 170 Å². The molecule has 2 N–H and O–H groups in total. The van der Waals surface area contributed by atoms with Crippen LogP contribution >= 0.6 is 0 Å². The standard InChI is InChI=1S/C52H34N6/c53-33-34-14-11-19-37(30-34)38-20-12-21-39(31-38)43-25-8-10-27-47(43)52-57-50(36-17-5-2-6-18-36)56-51(58-52)41-23-13-22-40(32-41)42-24-7-9-26-45(42)46-29-28-44(48(54)49(46)55)35-15-3-1-4-16-35/h1-32,54-55H. The predicted octanol–water partition coefficient (Wildman–Crippen LogP) is 12.3. The zero-order chi connectivity index (χ0) is 39.4. The summed E-state index contributed by atoms with van der Waals surface area (Å²) in [6, 6.07) is 62.2. The maximum atomic E-state index is 9.52. The molecule has 6 heteroatoms. The number of hydrogen-bond acceptors (Lipinski definition) is 6. The van der Waals surface area contributed by atoms with E-state index in [-0.39, 0.29) is 11.4 Å². The molecule has 1 aliphatic rings. The summed E-state index contributed by atoms with van der Waals surface area (Å²) in [7, 11) is 0. The third-order valence-corrected chi connectivity index (χ3v) is 10.3. The normalized spacial score (nSPS) is 12.4. The monoisotopic (exact) mass is 742 g/mol. The summed E-state index contributed by atoms with van der Waals surface area (Å²) in [5, 5.41) is 27.6. The molecule has 0 bridgehead atoms. The summed E-state index contributed by atoms with van der Waals surface area (Å²) < 4.78 is 0. The van der Waals surface area contributed by atoms with Crippen molar-refractivity contribution in [3.63, 3.8) is 0 Å². The van der Waals surface area contributed by atoms with Crippen LogP contribution in [0.25, 0.3) is 78.7 Å². The molecule has 0 saturated carbocycles. The topological polar surface area (TPSA) is 110 Å². The van der Waals surface area contributed by atoms with E-state index in [1.807, 2.05) is 152 Å². The molecule has 0 amide bonds. The molecule has 0 unspecified atom stereocenters. The lowest BCUT2D eigenvalue weighted by molar-refractivity contribution is 1.07. The molecule has 8 aromatic rings. The van der Waals surface area contributed by atoms with Gasteiger partial charge in [0.05, 0.1) is 23.1 Å². The number of rotatable bonds is 8. The van der Waals surface area contributed by atoms with Crippen molar-refractivity contribution in [2.75, 3.05) is 0 Å². The van der Waals surface area contributed by atoms with Gasteiger partial charge in [0.15, 0.2) is 17.5 Å². The van der Waals surface area contributed by atoms with Crippen molar-refractivity contribution >= 4 is 22.6 Å². The summed E-state index contributed by atoms with van der Waals surface area (Å²) in [5.41, 5.74) is 12.6. The molecular weight excluding hydrogens is 709 g/mol. The maximum Gasteiger partial charge on any atom is 0.164 e. The zero-order valence-electron chi connectivity index (χ0n) is 31.3. The van der Waals surface area contributed by atoms with Crippen molar-refractivity contribution in [2.45, 2.75) is 0 Å². The van der Waals surface area contributed by atoms with Gasteiger partial charge in [-0.2, -0.15) is 5.26 Å². The Labute approximate surface area is 336 Å². The number of hydrogen-bond donors (Lipinski definition) is 2. The molecule has 1 heterocycles. The lowest BCUT2D eigenvalue weighted by atomic mass is 9.84. The van der Waals surface area contributed by atoms with Crippen LogP contribution in [0.5, 0.6) is 0 Å². The number of nitriles is 1. The van der Waals surface area contributed by atoms with Crippen LogP contribution in [0.1, 0.15) is 16.7 Å². The van der Waals surface area contributed by atoms with Gasteiger partial charge in [-0.25, -0.2) is 15.0 Å². The van der Waals surface area contributed by atoms with Crippen molar-refractivity contribution < 1.29 is 0 Å². The summed E-state index contributed by atoms with van der Waals surface area (Å²) in [6.45, 7) is 0. The first-order valence-corrected chi connectivity index (χ1v) is 18.9. The van der Waals surface area contributed by atoms with Gasteiger partial charge in [-0.15, -0.1) is 0 Å². The molecule has 0 fully saturated rings. The molecule has 7 aromatic carbocycles. The first-order valence-electron chi connectivity index (χ1n) is 18.9. The molecule has 0 atom stereocenters. The van der Waals surface area contributed by atoms with Gasteiger partial charge in [0.25, 0.3) is 0 Å². The molecule has 1 aromatic heterocycles. The Hall–Kier alpha value is -8.14. The van der Waals surface area contributed by atoms with E-state index >= 15 is 0 Å². The molecule has 9 rings (SSSR count). The molecule has 0 spiro atoms. The SMILES string of the molecule is N#Cc1cccc(-c2cccc(-c3ccccc3-c3nc(-c4ccccc4)nc(-c4cccc(-c5ccccc5C5=CC=C(c6ccccc6)C(=N)C5=N)c4)n3)c2)c1. The maximum absolute atomic E-state index is 9.52. The second-order valence-electron chi connectivity index (χ2n) is 13.9. The highest BCUT2D eigenvalue weighted by Gasteiger charge is 2.23. The second-order valence-corrected chi connectivity index (χ2v) is 13.9. The van der Waals surface area contributed by atoms with Gasteiger partial charge in [-0.3, -0.25) is 10.8 Å². The van der Waals surface area contributed by atoms with E-state index in [1.54, 1.807) is 0 Å². The molecule has 58 heavy (non-hydrogen) atoms. The fourth-order valence-corrected chi connectivity index (χ4v) is 7.39. The zero-order valence-corrected chi connectivity index (χ0v) is 31.3. The van der Waals surface area contributed by atoms with Crippen LogP contribution in [0.15, 0.2) is 194 Å².